The molecule has 0 saturated carbocycles. The van der Waals surface area contributed by atoms with E-state index >= 15 is 0 Å². The van der Waals surface area contributed by atoms with Crippen LogP contribution in [0, 0.1) is 6.92 Å². The molecule has 6 rings (SSSR count). The summed E-state index contributed by atoms with van der Waals surface area (Å²) in [6.45, 7) is 2.09. The second-order valence-corrected chi connectivity index (χ2v) is 9.57. The first kappa shape index (κ1) is 26.7. The molecule has 0 amide bonds. The zero-order valence-electron chi connectivity index (χ0n) is 23.1. The number of carbonyl (C=O) groups is 2. The van der Waals surface area contributed by atoms with Gasteiger partial charge in [0.1, 0.15) is 40.8 Å². The fraction of sp³-hybridized carbons (Fsp3) is 0.118. The molecule has 0 saturated heterocycles. The normalized spacial score (nSPS) is 13.1. The number of carbonyl (C=O) groups excluding carboxylic acids is 2. The fourth-order valence-electron chi connectivity index (χ4n) is 4.77. The van der Waals surface area contributed by atoms with Crippen LogP contribution < -0.4 is 23.7 Å². The Labute approximate surface area is 241 Å². The van der Waals surface area contributed by atoms with E-state index < -0.39 is 5.97 Å². The molecule has 0 aliphatic carbocycles. The third-order valence-electron chi connectivity index (χ3n) is 6.85. The number of ether oxygens (including phenoxy) is 5. The van der Waals surface area contributed by atoms with E-state index in [-0.39, 0.29) is 17.3 Å². The molecule has 0 N–H and O–H groups in total. The number of Topliss-reactive ketones (excluding diaryl/α,β-unsaturated/α-hetero) is 1. The maximum atomic E-state index is 13.3. The summed E-state index contributed by atoms with van der Waals surface area (Å²) < 4.78 is 33.9. The molecular weight excluding hydrogens is 536 g/mol. The van der Waals surface area contributed by atoms with Gasteiger partial charge in [-0.2, -0.15) is 0 Å². The lowest BCUT2D eigenvalue weighted by Crippen LogP contribution is -2.09. The number of rotatable bonds is 8. The van der Waals surface area contributed by atoms with Crippen LogP contribution in [0.4, 0.5) is 0 Å². The lowest BCUT2D eigenvalue weighted by molar-refractivity contribution is 0.0734. The summed E-state index contributed by atoms with van der Waals surface area (Å²) >= 11 is 0. The highest BCUT2D eigenvalue weighted by Crippen LogP contribution is 2.37. The Hall–Kier alpha value is -5.50. The number of fused-ring (bicyclic) bond motifs is 2. The van der Waals surface area contributed by atoms with Crippen molar-refractivity contribution < 1.29 is 37.7 Å². The van der Waals surface area contributed by atoms with Crippen molar-refractivity contribution in [2.24, 2.45) is 0 Å². The van der Waals surface area contributed by atoms with Gasteiger partial charge >= 0.3 is 5.97 Å². The van der Waals surface area contributed by atoms with Crippen LogP contribution in [0.25, 0.3) is 17.0 Å². The van der Waals surface area contributed by atoms with E-state index in [1.807, 2.05) is 30.3 Å². The zero-order chi connectivity index (χ0) is 29.2. The first-order valence-corrected chi connectivity index (χ1v) is 13.2. The molecule has 1 aliphatic rings. The minimum absolute atomic E-state index is 0.139. The summed E-state index contributed by atoms with van der Waals surface area (Å²) in [7, 11) is 3.09. The van der Waals surface area contributed by atoms with Gasteiger partial charge in [-0.3, -0.25) is 4.79 Å². The van der Waals surface area contributed by atoms with Gasteiger partial charge in [-0.1, -0.05) is 36.4 Å². The molecule has 1 aliphatic heterocycles. The summed E-state index contributed by atoms with van der Waals surface area (Å²) in [5, 5.41) is 0.579. The van der Waals surface area contributed by atoms with E-state index in [0.29, 0.717) is 63.0 Å². The minimum atomic E-state index is -0.600. The number of methoxy groups -OCH3 is 2. The van der Waals surface area contributed by atoms with Crippen molar-refractivity contribution in [3.63, 3.8) is 0 Å². The summed E-state index contributed by atoms with van der Waals surface area (Å²) in [5.74, 6) is 1.90. The van der Waals surface area contributed by atoms with Crippen molar-refractivity contribution in [1.82, 2.24) is 0 Å². The topological polar surface area (TPSA) is 93.4 Å². The maximum Gasteiger partial charge on any atom is 0.347 e. The van der Waals surface area contributed by atoms with Crippen molar-refractivity contribution in [2.45, 2.75) is 13.5 Å². The highest BCUT2D eigenvalue weighted by atomic mass is 16.5. The van der Waals surface area contributed by atoms with Crippen LogP contribution >= 0.6 is 0 Å². The standard InChI is InChI=1S/C34H26O8/c1-20-32(26-17-23(11-14-27(26)40-20)39-19-21-7-5-4-6-8-21)34(36)41-24-10-12-25-29(18-24)42-31(33(25)35)16-22-9-13-28(37-2)30(15-22)38-3/h4-18H,19H2,1-3H3. The van der Waals surface area contributed by atoms with Gasteiger partial charge in [0.2, 0.25) is 5.78 Å². The fourth-order valence-corrected chi connectivity index (χ4v) is 4.77. The number of allylic oxidation sites excluding steroid dienone is 1. The second kappa shape index (κ2) is 11.2. The van der Waals surface area contributed by atoms with Gasteiger partial charge in [0.15, 0.2) is 17.3 Å². The van der Waals surface area contributed by atoms with Crippen molar-refractivity contribution in [1.29, 1.82) is 0 Å². The van der Waals surface area contributed by atoms with Gasteiger partial charge in [0.25, 0.3) is 0 Å². The van der Waals surface area contributed by atoms with E-state index in [0.717, 1.165) is 5.56 Å². The Morgan fingerprint density at radius 1 is 0.857 bits per heavy atom. The number of aryl methyl sites for hydroxylation is 1. The number of hydrogen-bond donors (Lipinski definition) is 0. The van der Waals surface area contributed by atoms with Crippen LogP contribution in [-0.2, 0) is 6.61 Å². The quantitative estimate of drug-likeness (QED) is 0.112. The molecule has 4 aromatic carbocycles. The highest BCUT2D eigenvalue weighted by Gasteiger charge is 2.29. The first-order valence-electron chi connectivity index (χ1n) is 13.2. The number of esters is 1. The number of furan rings is 1. The highest BCUT2D eigenvalue weighted by molar-refractivity contribution is 6.14. The lowest BCUT2D eigenvalue weighted by Gasteiger charge is -2.08. The van der Waals surface area contributed by atoms with E-state index in [2.05, 4.69) is 0 Å². The zero-order valence-corrected chi connectivity index (χ0v) is 23.1. The monoisotopic (exact) mass is 562 g/mol. The molecule has 2 heterocycles. The predicted octanol–water partition coefficient (Wildman–Crippen LogP) is 7.17. The molecular formula is C34H26O8. The molecule has 0 unspecified atom stereocenters. The molecule has 0 spiro atoms. The molecule has 0 bridgehead atoms. The molecule has 210 valence electrons. The molecule has 5 aromatic rings. The molecule has 8 heteroatoms. The summed E-state index contributed by atoms with van der Waals surface area (Å²) in [6.07, 6.45) is 1.62. The third-order valence-corrected chi connectivity index (χ3v) is 6.85. The van der Waals surface area contributed by atoms with Crippen molar-refractivity contribution in [3.8, 4) is 28.7 Å². The van der Waals surface area contributed by atoms with Crippen LogP contribution in [0.1, 0.15) is 37.6 Å². The van der Waals surface area contributed by atoms with Crippen LogP contribution in [-0.4, -0.2) is 26.0 Å². The predicted molar refractivity (Wildman–Crippen MR) is 156 cm³/mol. The molecule has 42 heavy (non-hydrogen) atoms. The maximum absolute atomic E-state index is 13.3. The van der Waals surface area contributed by atoms with Crippen molar-refractivity contribution >= 4 is 28.8 Å². The van der Waals surface area contributed by atoms with E-state index in [1.54, 1.807) is 68.6 Å². The Morgan fingerprint density at radius 3 is 2.43 bits per heavy atom. The summed E-state index contributed by atoms with van der Waals surface area (Å²) in [5.41, 5.74) is 2.93. The van der Waals surface area contributed by atoms with Gasteiger partial charge in [0, 0.05) is 11.5 Å². The lowest BCUT2D eigenvalue weighted by atomic mass is 10.1. The summed E-state index contributed by atoms with van der Waals surface area (Å²) in [6, 6.07) is 25.1. The van der Waals surface area contributed by atoms with Gasteiger partial charge in [-0.15, -0.1) is 0 Å². The SMILES string of the molecule is COc1ccc(C=C2Oc3cc(OC(=O)c4c(C)oc5ccc(OCc6ccccc6)cc45)ccc3C2=O)cc1OC. The molecule has 1 aromatic heterocycles. The molecule has 0 atom stereocenters. The van der Waals surface area contributed by atoms with Crippen LogP contribution in [0.5, 0.6) is 28.7 Å². The van der Waals surface area contributed by atoms with Gasteiger partial charge < -0.3 is 28.1 Å². The van der Waals surface area contributed by atoms with Gasteiger partial charge in [0.05, 0.1) is 19.8 Å². The molecule has 0 fully saturated rings. The second-order valence-electron chi connectivity index (χ2n) is 9.57. The van der Waals surface area contributed by atoms with Crippen LogP contribution in [0.2, 0.25) is 0 Å². The Bertz CT molecular complexity index is 1850. The van der Waals surface area contributed by atoms with Gasteiger partial charge in [-0.05, 0) is 66.6 Å². The average Bonchev–Trinajstić information content (AvgIpc) is 3.50. The van der Waals surface area contributed by atoms with E-state index in [4.69, 9.17) is 28.1 Å². The van der Waals surface area contributed by atoms with Crippen molar-refractivity contribution in [2.75, 3.05) is 14.2 Å². The Balaban J connectivity index is 1.21. The first-order chi connectivity index (χ1) is 20.4. The minimum Gasteiger partial charge on any atom is -0.493 e. The average molecular weight is 563 g/mol. The molecule has 0 radical (unpaired) electrons. The Morgan fingerprint density at radius 2 is 1.64 bits per heavy atom. The van der Waals surface area contributed by atoms with Gasteiger partial charge in [-0.25, -0.2) is 4.79 Å². The third kappa shape index (κ3) is 5.17. The largest absolute Gasteiger partial charge is 0.493 e. The molecule has 8 nitrogen and oxygen atoms in total. The van der Waals surface area contributed by atoms with E-state index in [1.165, 1.54) is 13.2 Å². The van der Waals surface area contributed by atoms with Crippen LogP contribution in [0.3, 0.4) is 0 Å². The number of benzene rings is 4. The van der Waals surface area contributed by atoms with E-state index in [9.17, 15) is 9.59 Å². The van der Waals surface area contributed by atoms with Crippen LogP contribution in [0.15, 0.2) is 95.1 Å². The Kier molecular flexibility index (Phi) is 7.10. The summed E-state index contributed by atoms with van der Waals surface area (Å²) in [4.78, 5) is 26.3. The van der Waals surface area contributed by atoms with Crippen molar-refractivity contribution in [3.05, 3.63) is 119 Å². The number of hydrogen-bond acceptors (Lipinski definition) is 8. The smallest absolute Gasteiger partial charge is 0.347 e. The number of ketones is 1.